The highest BCUT2D eigenvalue weighted by atomic mass is 16.5. The number of nitrogens with one attached hydrogen (secondary N) is 1. The Morgan fingerprint density at radius 3 is 2.63 bits per heavy atom. The van der Waals surface area contributed by atoms with Gasteiger partial charge in [0.1, 0.15) is 0 Å². The fraction of sp³-hybridized carbons (Fsp3) is 0.417. The number of ether oxygens (including phenoxy) is 2. The molecule has 1 unspecified atom stereocenters. The van der Waals surface area contributed by atoms with Gasteiger partial charge < -0.3 is 19.7 Å². The fourth-order valence-electron chi connectivity index (χ4n) is 3.89. The smallest absolute Gasteiger partial charge is 0.229 e. The molecule has 2 aromatic rings. The number of likely N-dealkylation sites (tertiary alicyclic amines) is 1. The molecule has 2 amide bonds. The van der Waals surface area contributed by atoms with Crippen molar-refractivity contribution in [1.29, 1.82) is 0 Å². The van der Waals surface area contributed by atoms with E-state index in [4.69, 9.17) is 9.47 Å². The van der Waals surface area contributed by atoms with Crippen molar-refractivity contribution in [2.75, 3.05) is 32.6 Å². The van der Waals surface area contributed by atoms with Gasteiger partial charge >= 0.3 is 0 Å². The molecular formula is C24H30N2O4. The van der Waals surface area contributed by atoms with Gasteiger partial charge in [0.25, 0.3) is 0 Å². The first kappa shape index (κ1) is 21.7. The Morgan fingerprint density at radius 1 is 1.17 bits per heavy atom. The lowest BCUT2D eigenvalue weighted by molar-refractivity contribution is -0.128. The number of methoxy groups -OCH3 is 2. The minimum absolute atomic E-state index is 0.0242. The molecule has 1 heterocycles. The van der Waals surface area contributed by atoms with Gasteiger partial charge in [0.2, 0.25) is 11.8 Å². The number of hydrogen-bond donors (Lipinski definition) is 1. The molecule has 1 aliphatic heterocycles. The van der Waals surface area contributed by atoms with Crippen molar-refractivity contribution < 1.29 is 19.1 Å². The van der Waals surface area contributed by atoms with Crippen LogP contribution >= 0.6 is 0 Å². The maximum absolute atomic E-state index is 12.8. The monoisotopic (exact) mass is 410 g/mol. The highest BCUT2D eigenvalue weighted by Gasteiger charge is 2.34. The van der Waals surface area contributed by atoms with E-state index >= 15 is 0 Å². The Hall–Kier alpha value is -3.02. The van der Waals surface area contributed by atoms with Gasteiger partial charge in [-0.3, -0.25) is 9.59 Å². The SMILES string of the molecule is CCc1cccc(C)c1NC(=O)C1CC(=O)N(CCc2ccc(OC)c(OC)c2)C1. The van der Waals surface area contributed by atoms with Crippen molar-refractivity contribution in [2.24, 2.45) is 5.92 Å². The van der Waals surface area contributed by atoms with Crippen LogP contribution in [0.1, 0.15) is 30.0 Å². The molecule has 1 atom stereocenters. The molecule has 0 aromatic heterocycles. The van der Waals surface area contributed by atoms with Crippen LogP contribution in [0, 0.1) is 12.8 Å². The largest absolute Gasteiger partial charge is 0.493 e. The predicted octanol–water partition coefficient (Wildman–Crippen LogP) is 3.60. The van der Waals surface area contributed by atoms with Crippen molar-refractivity contribution in [3.63, 3.8) is 0 Å². The van der Waals surface area contributed by atoms with E-state index in [0.29, 0.717) is 31.0 Å². The molecule has 6 nitrogen and oxygen atoms in total. The first-order valence-electron chi connectivity index (χ1n) is 10.3. The number of nitrogens with zero attached hydrogens (tertiary/aromatic N) is 1. The van der Waals surface area contributed by atoms with Gasteiger partial charge in [0.15, 0.2) is 11.5 Å². The zero-order valence-electron chi connectivity index (χ0n) is 18.2. The molecule has 160 valence electrons. The third kappa shape index (κ3) is 4.75. The van der Waals surface area contributed by atoms with Crippen molar-refractivity contribution in [1.82, 2.24) is 4.90 Å². The number of carbonyl (C=O) groups excluding carboxylic acids is 2. The van der Waals surface area contributed by atoms with Crippen LogP contribution in [0.3, 0.4) is 0 Å². The average Bonchev–Trinajstić information content (AvgIpc) is 3.14. The molecule has 0 spiro atoms. The summed E-state index contributed by atoms with van der Waals surface area (Å²) < 4.78 is 10.6. The number of carbonyl (C=O) groups is 2. The van der Waals surface area contributed by atoms with Crippen molar-refractivity contribution in [3.05, 3.63) is 53.1 Å². The molecule has 0 aliphatic carbocycles. The van der Waals surface area contributed by atoms with Crippen LogP contribution in [0.4, 0.5) is 5.69 Å². The molecule has 0 saturated carbocycles. The number of amides is 2. The van der Waals surface area contributed by atoms with Gasteiger partial charge in [0, 0.05) is 25.2 Å². The van der Waals surface area contributed by atoms with E-state index in [1.165, 1.54) is 0 Å². The topological polar surface area (TPSA) is 67.9 Å². The molecule has 1 aliphatic rings. The zero-order valence-corrected chi connectivity index (χ0v) is 18.2. The first-order chi connectivity index (χ1) is 14.5. The summed E-state index contributed by atoms with van der Waals surface area (Å²) in [5, 5.41) is 3.07. The van der Waals surface area contributed by atoms with Gasteiger partial charge in [-0.1, -0.05) is 31.2 Å². The fourth-order valence-corrected chi connectivity index (χ4v) is 3.89. The van der Waals surface area contributed by atoms with Crippen molar-refractivity contribution >= 4 is 17.5 Å². The molecule has 2 aromatic carbocycles. The highest BCUT2D eigenvalue weighted by molar-refractivity contribution is 5.98. The molecule has 0 radical (unpaired) electrons. The van der Waals surface area contributed by atoms with E-state index in [-0.39, 0.29) is 24.2 Å². The molecule has 3 rings (SSSR count). The Morgan fingerprint density at radius 2 is 1.93 bits per heavy atom. The van der Waals surface area contributed by atoms with Gasteiger partial charge in [-0.25, -0.2) is 0 Å². The maximum Gasteiger partial charge on any atom is 0.229 e. The van der Waals surface area contributed by atoms with E-state index in [1.807, 2.05) is 43.3 Å². The summed E-state index contributed by atoms with van der Waals surface area (Å²) in [7, 11) is 3.21. The molecule has 1 saturated heterocycles. The van der Waals surface area contributed by atoms with Crippen LogP contribution in [0.2, 0.25) is 0 Å². The third-order valence-corrected chi connectivity index (χ3v) is 5.69. The summed E-state index contributed by atoms with van der Waals surface area (Å²) >= 11 is 0. The van der Waals surface area contributed by atoms with Crippen LogP contribution in [-0.4, -0.2) is 44.0 Å². The second-order valence-corrected chi connectivity index (χ2v) is 7.63. The summed E-state index contributed by atoms with van der Waals surface area (Å²) in [6.07, 6.45) is 1.79. The number of rotatable bonds is 8. The Balaban J connectivity index is 1.61. The molecule has 0 bridgehead atoms. The van der Waals surface area contributed by atoms with E-state index in [2.05, 4.69) is 12.2 Å². The van der Waals surface area contributed by atoms with Crippen LogP contribution in [0.5, 0.6) is 11.5 Å². The van der Waals surface area contributed by atoms with Gasteiger partial charge in [-0.15, -0.1) is 0 Å². The normalized spacial score (nSPS) is 15.9. The second-order valence-electron chi connectivity index (χ2n) is 7.63. The first-order valence-corrected chi connectivity index (χ1v) is 10.3. The van der Waals surface area contributed by atoms with E-state index in [9.17, 15) is 9.59 Å². The highest BCUT2D eigenvalue weighted by Crippen LogP contribution is 2.28. The lowest BCUT2D eigenvalue weighted by Gasteiger charge is -2.18. The Labute approximate surface area is 178 Å². The lowest BCUT2D eigenvalue weighted by atomic mass is 10.0. The van der Waals surface area contributed by atoms with Crippen LogP contribution in [0.15, 0.2) is 36.4 Å². The van der Waals surface area contributed by atoms with Crippen molar-refractivity contribution in [3.8, 4) is 11.5 Å². The number of hydrogen-bond acceptors (Lipinski definition) is 4. The third-order valence-electron chi connectivity index (χ3n) is 5.69. The number of anilines is 1. The Bertz CT molecular complexity index is 925. The minimum atomic E-state index is -0.327. The lowest BCUT2D eigenvalue weighted by Crippen LogP contribution is -2.30. The second kappa shape index (κ2) is 9.65. The van der Waals surface area contributed by atoms with E-state index in [0.717, 1.165) is 28.8 Å². The van der Waals surface area contributed by atoms with Gasteiger partial charge in [-0.2, -0.15) is 0 Å². The van der Waals surface area contributed by atoms with Gasteiger partial charge in [-0.05, 0) is 48.6 Å². The van der Waals surface area contributed by atoms with Gasteiger partial charge in [0.05, 0.1) is 20.1 Å². The number of benzene rings is 2. The molecular weight excluding hydrogens is 380 g/mol. The Kier molecular flexibility index (Phi) is 6.98. The molecule has 30 heavy (non-hydrogen) atoms. The van der Waals surface area contributed by atoms with Crippen LogP contribution in [-0.2, 0) is 22.4 Å². The predicted molar refractivity (Wildman–Crippen MR) is 117 cm³/mol. The number of aryl methyl sites for hydroxylation is 2. The van der Waals surface area contributed by atoms with Crippen LogP contribution < -0.4 is 14.8 Å². The number of para-hydroxylation sites is 1. The standard InChI is InChI=1S/C24H30N2O4/c1-5-18-8-6-7-16(2)23(18)25-24(28)19-14-22(27)26(15-19)12-11-17-9-10-20(29-3)21(13-17)30-4/h6-10,13,19H,5,11-12,14-15H2,1-4H3,(H,25,28). The maximum atomic E-state index is 12.8. The molecule has 6 heteroatoms. The summed E-state index contributed by atoms with van der Waals surface area (Å²) in [5.74, 6) is 0.965. The quantitative estimate of drug-likeness (QED) is 0.722. The molecule has 1 N–H and O–H groups in total. The zero-order chi connectivity index (χ0) is 21.7. The summed E-state index contributed by atoms with van der Waals surface area (Å²) in [6, 6.07) is 11.8. The summed E-state index contributed by atoms with van der Waals surface area (Å²) in [6.45, 7) is 5.08. The average molecular weight is 411 g/mol. The molecule has 1 fully saturated rings. The minimum Gasteiger partial charge on any atom is -0.493 e. The van der Waals surface area contributed by atoms with Crippen LogP contribution in [0.25, 0.3) is 0 Å². The summed E-state index contributed by atoms with van der Waals surface area (Å²) in [5.41, 5.74) is 4.08. The van der Waals surface area contributed by atoms with E-state index < -0.39 is 0 Å². The van der Waals surface area contributed by atoms with Crippen molar-refractivity contribution in [2.45, 2.75) is 33.1 Å². The summed E-state index contributed by atoms with van der Waals surface area (Å²) in [4.78, 5) is 27.1. The van der Waals surface area contributed by atoms with E-state index in [1.54, 1.807) is 19.1 Å².